The summed E-state index contributed by atoms with van der Waals surface area (Å²) in [5.74, 6) is 2.31. The van der Waals surface area contributed by atoms with Crippen molar-refractivity contribution in [1.82, 2.24) is 20.4 Å². The van der Waals surface area contributed by atoms with Crippen molar-refractivity contribution in [2.45, 2.75) is 39.7 Å². The van der Waals surface area contributed by atoms with E-state index in [1.807, 2.05) is 7.05 Å². The Morgan fingerprint density at radius 3 is 2.28 bits per heavy atom. The number of likely N-dealkylation sites (tertiary alicyclic amines) is 1. The first-order valence-corrected chi connectivity index (χ1v) is 10.1. The van der Waals surface area contributed by atoms with E-state index in [9.17, 15) is 0 Å². The molecule has 0 bridgehead atoms. The molecule has 0 spiro atoms. The van der Waals surface area contributed by atoms with Crippen molar-refractivity contribution in [3.05, 3.63) is 0 Å². The van der Waals surface area contributed by atoms with Gasteiger partial charge >= 0.3 is 0 Å². The molecule has 2 saturated heterocycles. The van der Waals surface area contributed by atoms with Gasteiger partial charge in [0, 0.05) is 58.9 Å². The Labute approximate surface area is 154 Å². The van der Waals surface area contributed by atoms with E-state index in [4.69, 9.17) is 4.74 Å². The highest BCUT2D eigenvalue weighted by atomic mass is 16.5. The molecule has 0 aliphatic carbocycles. The summed E-state index contributed by atoms with van der Waals surface area (Å²) in [4.78, 5) is 9.50. The molecule has 0 radical (unpaired) electrons. The van der Waals surface area contributed by atoms with E-state index < -0.39 is 0 Å². The van der Waals surface area contributed by atoms with Crippen LogP contribution in [0.1, 0.15) is 33.6 Å². The SMILES string of the molecule is CN=C(NCC(C)CN1CCOCC1)NC1CCN(CC(C)C)CC1. The molecule has 1 unspecified atom stereocenters. The van der Waals surface area contributed by atoms with E-state index in [0.29, 0.717) is 12.0 Å². The molecule has 2 aliphatic heterocycles. The van der Waals surface area contributed by atoms with Gasteiger partial charge in [-0.15, -0.1) is 0 Å². The molecule has 25 heavy (non-hydrogen) atoms. The highest BCUT2D eigenvalue weighted by Gasteiger charge is 2.20. The van der Waals surface area contributed by atoms with E-state index in [1.165, 1.54) is 32.5 Å². The number of aliphatic imine (C=N–C) groups is 1. The van der Waals surface area contributed by atoms with E-state index in [2.05, 4.69) is 46.2 Å². The highest BCUT2D eigenvalue weighted by Crippen LogP contribution is 2.12. The number of rotatable bonds is 7. The second-order valence-electron chi connectivity index (χ2n) is 8.08. The van der Waals surface area contributed by atoms with Crippen molar-refractivity contribution in [2.24, 2.45) is 16.8 Å². The average molecular weight is 354 g/mol. The maximum atomic E-state index is 5.42. The van der Waals surface area contributed by atoms with Gasteiger partial charge in [0.05, 0.1) is 13.2 Å². The Kier molecular flexibility index (Phi) is 8.99. The first kappa shape index (κ1) is 20.5. The van der Waals surface area contributed by atoms with Crippen molar-refractivity contribution in [3.63, 3.8) is 0 Å². The van der Waals surface area contributed by atoms with E-state index in [-0.39, 0.29) is 0 Å². The van der Waals surface area contributed by atoms with Gasteiger partial charge in [-0.3, -0.25) is 9.89 Å². The van der Waals surface area contributed by atoms with Crippen LogP contribution in [0.3, 0.4) is 0 Å². The normalized spacial score (nSPS) is 23.0. The van der Waals surface area contributed by atoms with Gasteiger partial charge in [0.2, 0.25) is 0 Å². The van der Waals surface area contributed by atoms with E-state index >= 15 is 0 Å². The van der Waals surface area contributed by atoms with Crippen molar-refractivity contribution in [1.29, 1.82) is 0 Å². The lowest BCUT2D eigenvalue weighted by Gasteiger charge is -2.34. The van der Waals surface area contributed by atoms with Gasteiger partial charge < -0.3 is 20.3 Å². The van der Waals surface area contributed by atoms with Gasteiger partial charge in [-0.1, -0.05) is 20.8 Å². The summed E-state index contributed by atoms with van der Waals surface area (Å²) in [7, 11) is 1.87. The minimum absolute atomic E-state index is 0.546. The minimum atomic E-state index is 0.546. The quantitative estimate of drug-likeness (QED) is 0.533. The second kappa shape index (κ2) is 11.0. The van der Waals surface area contributed by atoms with Crippen LogP contribution in [0.5, 0.6) is 0 Å². The fraction of sp³-hybridized carbons (Fsp3) is 0.947. The first-order valence-electron chi connectivity index (χ1n) is 10.1. The second-order valence-corrected chi connectivity index (χ2v) is 8.08. The third-order valence-corrected chi connectivity index (χ3v) is 5.07. The zero-order chi connectivity index (χ0) is 18.1. The fourth-order valence-corrected chi connectivity index (χ4v) is 3.72. The van der Waals surface area contributed by atoms with Crippen LogP contribution in [0.15, 0.2) is 4.99 Å². The summed E-state index contributed by atoms with van der Waals surface area (Å²) >= 11 is 0. The Hall–Kier alpha value is -0.850. The molecular weight excluding hydrogens is 314 g/mol. The van der Waals surface area contributed by atoms with Gasteiger partial charge in [0.25, 0.3) is 0 Å². The summed E-state index contributed by atoms with van der Waals surface area (Å²) in [6.45, 7) is 16.5. The van der Waals surface area contributed by atoms with E-state index in [1.54, 1.807) is 0 Å². The predicted octanol–water partition coefficient (Wildman–Crippen LogP) is 1.24. The average Bonchev–Trinajstić information content (AvgIpc) is 2.60. The molecule has 146 valence electrons. The van der Waals surface area contributed by atoms with Crippen LogP contribution < -0.4 is 10.6 Å². The van der Waals surface area contributed by atoms with Gasteiger partial charge in [-0.2, -0.15) is 0 Å². The molecule has 0 aromatic heterocycles. The Balaban J connectivity index is 1.63. The molecule has 6 heteroatoms. The molecular formula is C19H39N5O. The van der Waals surface area contributed by atoms with Crippen LogP contribution in [0.4, 0.5) is 0 Å². The summed E-state index contributed by atoms with van der Waals surface area (Å²) in [6.07, 6.45) is 2.41. The number of nitrogens with one attached hydrogen (secondary N) is 2. The minimum Gasteiger partial charge on any atom is -0.379 e. The van der Waals surface area contributed by atoms with Crippen LogP contribution in [-0.2, 0) is 4.74 Å². The maximum absolute atomic E-state index is 5.42. The lowest BCUT2D eigenvalue weighted by atomic mass is 10.0. The van der Waals surface area contributed by atoms with Crippen LogP contribution in [0, 0.1) is 11.8 Å². The molecule has 2 rings (SSSR count). The molecule has 2 N–H and O–H groups in total. The number of hydrogen-bond acceptors (Lipinski definition) is 4. The molecule has 1 atom stereocenters. The monoisotopic (exact) mass is 353 g/mol. The molecule has 6 nitrogen and oxygen atoms in total. The van der Waals surface area contributed by atoms with E-state index in [0.717, 1.165) is 51.3 Å². The first-order chi connectivity index (χ1) is 12.1. The lowest BCUT2D eigenvalue weighted by molar-refractivity contribution is 0.0320. The highest BCUT2D eigenvalue weighted by molar-refractivity contribution is 5.79. The third kappa shape index (κ3) is 7.92. The number of morpholine rings is 1. The van der Waals surface area contributed by atoms with Crippen LogP contribution in [-0.4, -0.2) is 87.9 Å². The van der Waals surface area contributed by atoms with Crippen molar-refractivity contribution < 1.29 is 4.74 Å². The third-order valence-electron chi connectivity index (χ3n) is 5.07. The van der Waals surface area contributed by atoms with Crippen LogP contribution in [0.25, 0.3) is 0 Å². The largest absolute Gasteiger partial charge is 0.379 e. The molecule has 2 aliphatic rings. The Bertz CT molecular complexity index is 387. The molecule has 0 amide bonds. The summed E-state index contributed by atoms with van der Waals surface area (Å²) < 4.78 is 5.42. The van der Waals surface area contributed by atoms with Crippen molar-refractivity contribution in [2.75, 3.05) is 66.1 Å². The Morgan fingerprint density at radius 2 is 1.68 bits per heavy atom. The number of piperidine rings is 1. The smallest absolute Gasteiger partial charge is 0.191 e. The summed E-state index contributed by atoms with van der Waals surface area (Å²) in [6, 6.07) is 0.546. The zero-order valence-corrected chi connectivity index (χ0v) is 16.8. The van der Waals surface area contributed by atoms with Gasteiger partial charge in [-0.25, -0.2) is 0 Å². The predicted molar refractivity (Wildman–Crippen MR) is 105 cm³/mol. The van der Waals surface area contributed by atoms with Crippen molar-refractivity contribution >= 4 is 5.96 Å². The fourth-order valence-electron chi connectivity index (χ4n) is 3.72. The molecule has 0 aromatic rings. The number of hydrogen-bond donors (Lipinski definition) is 2. The zero-order valence-electron chi connectivity index (χ0n) is 16.8. The molecule has 2 fully saturated rings. The van der Waals surface area contributed by atoms with Gasteiger partial charge in [-0.05, 0) is 24.7 Å². The number of guanidine groups is 1. The Morgan fingerprint density at radius 1 is 1.04 bits per heavy atom. The van der Waals surface area contributed by atoms with Crippen molar-refractivity contribution in [3.8, 4) is 0 Å². The lowest BCUT2D eigenvalue weighted by Crippen LogP contribution is -2.50. The van der Waals surface area contributed by atoms with Gasteiger partial charge in [0.15, 0.2) is 5.96 Å². The number of nitrogens with zero attached hydrogens (tertiary/aromatic N) is 3. The van der Waals surface area contributed by atoms with Gasteiger partial charge in [0.1, 0.15) is 0 Å². The molecule has 2 heterocycles. The molecule has 0 aromatic carbocycles. The van der Waals surface area contributed by atoms with Crippen LogP contribution >= 0.6 is 0 Å². The summed E-state index contributed by atoms with van der Waals surface area (Å²) in [5, 5.41) is 7.13. The maximum Gasteiger partial charge on any atom is 0.191 e. The number of ether oxygens (including phenoxy) is 1. The topological polar surface area (TPSA) is 52.1 Å². The standard InChI is InChI=1S/C19H39N5O/c1-16(2)14-23-7-5-18(6-8-23)22-19(20-4)21-13-17(3)15-24-9-11-25-12-10-24/h16-18H,5-15H2,1-4H3,(H2,20,21,22). The summed E-state index contributed by atoms with van der Waals surface area (Å²) in [5.41, 5.74) is 0. The van der Waals surface area contributed by atoms with Crippen LogP contribution in [0.2, 0.25) is 0 Å². The molecule has 0 saturated carbocycles.